The molecule has 1 aromatic rings. The monoisotopic (exact) mass is 240 g/mol. The fraction of sp³-hybridized carbons (Fsp3) is 0.538. The molecule has 2 nitrogen and oxygen atoms in total. The third-order valence-electron chi connectivity index (χ3n) is 3.34. The zero-order valence-electron chi connectivity index (χ0n) is 10.2. The van der Waals surface area contributed by atoms with Gasteiger partial charge in [-0.3, -0.25) is 0 Å². The number of anilines is 1. The molecular weight excluding hydrogens is 222 g/mol. The van der Waals surface area contributed by atoms with Crippen LogP contribution in [0.2, 0.25) is 0 Å². The van der Waals surface area contributed by atoms with Crippen LogP contribution in [0.15, 0.2) is 18.2 Å². The van der Waals surface area contributed by atoms with Crippen molar-refractivity contribution in [2.24, 2.45) is 5.41 Å². The van der Waals surface area contributed by atoms with Crippen molar-refractivity contribution in [1.29, 1.82) is 0 Å². The number of nitrogens with one attached hydrogen (secondary N) is 2. The summed E-state index contributed by atoms with van der Waals surface area (Å²) in [5, 5.41) is 6.56. The molecule has 1 aliphatic heterocycles. The average Bonchev–Trinajstić information content (AvgIpc) is 2.19. The van der Waals surface area contributed by atoms with E-state index in [0.717, 1.165) is 25.6 Å². The SMILES string of the molecule is CC1(C)CNCCC1Nc1cc(F)cc(F)c1. The van der Waals surface area contributed by atoms with Gasteiger partial charge < -0.3 is 10.6 Å². The summed E-state index contributed by atoms with van der Waals surface area (Å²) in [7, 11) is 0. The molecule has 0 aromatic heterocycles. The predicted octanol–water partition coefficient (Wildman–Crippen LogP) is 2.76. The van der Waals surface area contributed by atoms with Crippen LogP contribution in [-0.2, 0) is 0 Å². The Morgan fingerprint density at radius 3 is 2.47 bits per heavy atom. The minimum atomic E-state index is -0.542. The number of rotatable bonds is 2. The molecule has 1 atom stereocenters. The summed E-state index contributed by atoms with van der Waals surface area (Å²) in [5.41, 5.74) is 0.587. The molecule has 0 aliphatic carbocycles. The minimum absolute atomic E-state index is 0.0705. The molecule has 4 heteroatoms. The summed E-state index contributed by atoms with van der Waals surface area (Å²) < 4.78 is 26.2. The first-order chi connectivity index (χ1) is 7.97. The van der Waals surface area contributed by atoms with Crippen molar-refractivity contribution < 1.29 is 8.78 Å². The largest absolute Gasteiger partial charge is 0.382 e. The van der Waals surface area contributed by atoms with Crippen molar-refractivity contribution >= 4 is 5.69 Å². The van der Waals surface area contributed by atoms with Crippen LogP contribution in [0.25, 0.3) is 0 Å². The Hall–Kier alpha value is -1.16. The third-order valence-corrected chi connectivity index (χ3v) is 3.34. The topological polar surface area (TPSA) is 24.1 Å². The molecule has 1 saturated heterocycles. The van der Waals surface area contributed by atoms with Gasteiger partial charge in [0.05, 0.1) is 0 Å². The van der Waals surface area contributed by atoms with Gasteiger partial charge >= 0.3 is 0 Å². The van der Waals surface area contributed by atoms with E-state index in [1.807, 2.05) is 0 Å². The van der Waals surface area contributed by atoms with Crippen LogP contribution in [-0.4, -0.2) is 19.1 Å². The minimum Gasteiger partial charge on any atom is -0.382 e. The standard InChI is InChI=1S/C13H18F2N2/c1-13(2)8-16-4-3-12(13)17-11-6-9(14)5-10(15)7-11/h5-7,12,16-17H,3-4,8H2,1-2H3. The van der Waals surface area contributed by atoms with Gasteiger partial charge in [0, 0.05) is 24.3 Å². The van der Waals surface area contributed by atoms with E-state index in [1.54, 1.807) is 0 Å². The van der Waals surface area contributed by atoms with Crippen molar-refractivity contribution in [3.63, 3.8) is 0 Å². The van der Waals surface area contributed by atoms with Gasteiger partial charge in [0.2, 0.25) is 0 Å². The van der Waals surface area contributed by atoms with Crippen LogP contribution in [0.5, 0.6) is 0 Å². The molecule has 17 heavy (non-hydrogen) atoms. The molecule has 2 N–H and O–H groups in total. The molecule has 1 aliphatic rings. The molecule has 1 heterocycles. The normalized spacial score (nSPS) is 23.4. The van der Waals surface area contributed by atoms with E-state index in [-0.39, 0.29) is 11.5 Å². The van der Waals surface area contributed by atoms with Gasteiger partial charge in [-0.05, 0) is 30.5 Å². The van der Waals surface area contributed by atoms with E-state index in [4.69, 9.17) is 0 Å². The summed E-state index contributed by atoms with van der Waals surface area (Å²) in [6, 6.07) is 3.78. The highest BCUT2D eigenvalue weighted by Crippen LogP contribution is 2.28. The Morgan fingerprint density at radius 2 is 1.88 bits per heavy atom. The lowest BCUT2D eigenvalue weighted by Gasteiger charge is -2.40. The fourth-order valence-corrected chi connectivity index (χ4v) is 2.28. The molecular formula is C13H18F2N2. The number of hydrogen-bond acceptors (Lipinski definition) is 2. The van der Waals surface area contributed by atoms with E-state index >= 15 is 0 Å². The Morgan fingerprint density at radius 1 is 1.24 bits per heavy atom. The highest BCUT2D eigenvalue weighted by atomic mass is 19.1. The second-order valence-corrected chi connectivity index (χ2v) is 5.31. The number of benzene rings is 1. The Kier molecular flexibility index (Phi) is 3.33. The summed E-state index contributed by atoms with van der Waals surface area (Å²) in [4.78, 5) is 0. The van der Waals surface area contributed by atoms with Gasteiger partial charge in [0.25, 0.3) is 0 Å². The molecule has 2 rings (SSSR count). The summed E-state index contributed by atoms with van der Waals surface area (Å²) in [5.74, 6) is -1.08. The maximum atomic E-state index is 13.1. The van der Waals surface area contributed by atoms with Crippen LogP contribution >= 0.6 is 0 Å². The Balaban J connectivity index is 2.14. The molecule has 0 radical (unpaired) electrons. The summed E-state index contributed by atoms with van der Waals surface area (Å²) in [6.45, 7) is 6.13. The molecule has 0 spiro atoms. The molecule has 0 amide bonds. The Labute approximate surface area is 100 Å². The van der Waals surface area contributed by atoms with Crippen LogP contribution in [0.4, 0.5) is 14.5 Å². The highest BCUT2D eigenvalue weighted by molar-refractivity contribution is 5.45. The third kappa shape index (κ3) is 2.94. The smallest absolute Gasteiger partial charge is 0.128 e. The second kappa shape index (κ2) is 4.61. The van der Waals surface area contributed by atoms with Gasteiger partial charge in [0.1, 0.15) is 11.6 Å². The first-order valence-corrected chi connectivity index (χ1v) is 5.91. The van der Waals surface area contributed by atoms with Gasteiger partial charge in [-0.2, -0.15) is 0 Å². The van der Waals surface area contributed by atoms with Crippen LogP contribution in [0, 0.1) is 17.0 Å². The fourth-order valence-electron chi connectivity index (χ4n) is 2.28. The maximum absolute atomic E-state index is 13.1. The van der Waals surface area contributed by atoms with E-state index in [0.29, 0.717) is 5.69 Å². The van der Waals surface area contributed by atoms with Crippen LogP contribution < -0.4 is 10.6 Å². The van der Waals surface area contributed by atoms with Crippen molar-refractivity contribution in [3.05, 3.63) is 29.8 Å². The van der Waals surface area contributed by atoms with Crippen molar-refractivity contribution in [2.75, 3.05) is 18.4 Å². The predicted molar refractivity (Wildman–Crippen MR) is 65.0 cm³/mol. The maximum Gasteiger partial charge on any atom is 0.128 e. The molecule has 1 unspecified atom stereocenters. The first-order valence-electron chi connectivity index (χ1n) is 5.91. The van der Waals surface area contributed by atoms with E-state index in [9.17, 15) is 8.78 Å². The number of halogens is 2. The zero-order chi connectivity index (χ0) is 12.5. The quantitative estimate of drug-likeness (QED) is 0.830. The van der Waals surface area contributed by atoms with E-state index < -0.39 is 11.6 Å². The lowest BCUT2D eigenvalue weighted by Crippen LogP contribution is -2.49. The van der Waals surface area contributed by atoms with Crippen molar-refractivity contribution in [2.45, 2.75) is 26.3 Å². The number of hydrogen-bond donors (Lipinski definition) is 2. The first kappa shape index (κ1) is 12.3. The molecule has 1 aromatic carbocycles. The molecule has 1 fully saturated rings. The lowest BCUT2D eigenvalue weighted by atomic mass is 9.80. The average molecular weight is 240 g/mol. The second-order valence-electron chi connectivity index (χ2n) is 5.31. The van der Waals surface area contributed by atoms with Crippen molar-refractivity contribution in [3.8, 4) is 0 Å². The summed E-state index contributed by atoms with van der Waals surface area (Å²) >= 11 is 0. The van der Waals surface area contributed by atoms with E-state index in [2.05, 4.69) is 24.5 Å². The number of piperidine rings is 1. The van der Waals surface area contributed by atoms with Crippen molar-refractivity contribution in [1.82, 2.24) is 5.32 Å². The van der Waals surface area contributed by atoms with E-state index in [1.165, 1.54) is 12.1 Å². The van der Waals surface area contributed by atoms with Crippen LogP contribution in [0.3, 0.4) is 0 Å². The van der Waals surface area contributed by atoms with Gasteiger partial charge in [0.15, 0.2) is 0 Å². The lowest BCUT2D eigenvalue weighted by molar-refractivity contribution is 0.236. The zero-order valence-corrected chi connectivity index (χ0v) is 10.2. The van der Waals surface area contributed by atoms with Gasteiger partial charge in [-0.25, -0.2) is 8.78 Å². The molecule has 0 saturated carbocycles. The van der Waals surface area contributed by atoms with Gasteiger partial charge in [-0.1, -0.05) is 13.8 Å². The van der Waals surface area contributed by atoms with Crippen LogP contribution in [0.1, 0.15) is 20.3 Å². The Bertz CT molecular complexity index is 384. The molecule has 94 valence electrons. The van der Waals surface area contributed by atoms with Gasteiger partial charge in [-0.15, -0.1) is 0 Å². The highest BCUT2D eigenvalue weighted by Gasteiger charge is 2.32. The molecule has 0 bridgehead atoms. The summed E-state index contributed by atoms with van der Waals surface area (Å²) in [6.07, 6.45) is 0.950.